The summed E-state index contributed by atoms with van der Waals surface area (Å²) in [6.07, 6.45) is 14.4. The molecule has 6 aliphatic rings. The van der Waals surface area contributed by atoms with Crippen LogP contribution in [-0.2, 0) is 40.6 Å². The minimum atomic E-state index is -4.11. The Morgan fingerprint density at radius 1 is 0.931 bits per heavy atom. The van der Waals surface area contributed by atoms with Gasteiger partial charge in [-0.05, 0) is 91.2 Å². The average Bonchev–Trinajstić information content (AvgIpc) is 3.62. The van der Waals surface area contributed by atoms with Crippen molar-refractivity contribution in [2.45, 2.75) is 142 Å². The molecule has 2 saturated heterocycles. The first-order valence-electron chi connectivity index (χ1n) is 21.4. The lowest BCUT2D eigenvalue weighted by atomic mass is 9.73. The number of carbonyl (C=O) groups excluding carboxylic acids is 5. The Kier molecular flexibility index (Phi) is 11.2. The van der Waals surface area contributed by atoms with E-state index in [9.17, 15) is 27.6 Å². The number of hydrogen-bond donors (Lipinski definition) is 4. The van der Waals surface area contributed by atoms with E-state index in [1.165, 1.54) is 4.31 Å². The van der Waals surface area contributed by atoms with E-state index in [4.69, 9.17) is 0 Å². The summed E-state index contributed by atoms with van der Waals surface area (Å²) in [6.45, 7) is 14.9. The quantitative estimate of drug-likeness (QED) is 0.218. The van der Waals surface area contributed by atoms with Gasteiger partial charge in [0.15, 0.2) is 0 Å². The third-order valence-electron chi connectivity index (χ3n) is 15.3. The number of rotatable bonds is 13. The van der Waals surface area contributed by atoms with Crippen molar-refractivity contribution in [1.82, 2.24) is 34.9 Å². The summed E-state index contributed by atoms with van der Waals surface area (Å²) >= 11 is 0. The fourth-order valence-corrected chi connectivity index (χ4v) is 12.7. The zero-order valence-corrected chi connectivity index (χ0v) is 35.7. The highest BCUT2D eigenvalue weighted by Gasteiger charge is 2.85. The van der Waals surface area contributed by atoms with E-state index in [0.717, 1.165) is 56.9 Å². The molecule has 3 heterocycles. The van der Waals surface area contributed by atoms with Crippen molar-refractivity contribution in [2.75, 3.05) is 19.6 Å². The molecule has 4 saturated carbocycles. The molecule has 6 atom stereocenters. The SMILES string of the molecule is C=C[C@@H]1C[C@]1(NC(=O)C1C[C@@]2(CN1C(=O)[C@@H](NC(=O)C(NC(=O)Cc1ccncc1)C1CCCCC1)C(C)(C)C)C(C)(C)C21CCC1)C(=O)NS(=O)(=O)N1CCCC1. The van der Waals surface area contributed by atoms with Crippen LogP contribution < -0.4 is 20.7 Å². The van der Waals surface area contributed by atoms with Crippen LogP contribution >= 0.6 is 0 Å². The summed E-state index contributed by atoms with van der Waals surface area (Å²) < 4.78 is 29.8. The molecule has 7 rings (SSSR count). The number of amides is 5. The fraction of sp³-hybridized carbons (Fsp3) is 0.721. The molecule has 14 nitrogen and oxygen atoms in total. The van der Waals surface area contributed by atoms with E-state index in [0.29, 0.717) is 38.9 Å². The summed E-state index contributed by atoms with van der Waals surface area (Å²) in [5.41, 5.74) is -2.06. The van der Waals surface area contributed by atoms with Gasteiger partial charge < -0.3 is 20.9 Å². The lowest BCUT2D eigenvalue weighted by Crippen LogP contribution is -2.62. The maximum atomic E-state index is 15.2. The Morgan fingerprint density at radius 3 is 2.14 bits per heavy atom. The standard InChI is InChI=1S/C43H63N7O7S/c1-7-30-25-43(30,38(55)48-58(56,57)49-22-11-12-23-49)47-35(52)31-26-42(40(5,6)41(42)18-13-19-41)27-50(31)37(54)34(39(2,3)4)46-36(53)33(29-14-9-8-10-15-29)45-32(51)24-28-16-20-44-21-17-28/h7,16-17,20-21,29-31,33-34H,1,8-15,18-19,22-27H2,2-6H3,(H,45,51)(H,46,53)(H,47,52)(H,48,55)/t30-,31?,33?,34-,42-,43-/m1/s1. The molecule has 58 heavy (non-hydrogen) atoms. The van der Waals surface area contributed by atoms with E-state index in [1.54, 1.807) is 35.5 Å². The molecule has 0 aromatic carbocycles. The van der Waals surface area contributed by atoms with E-state index < -0.39 is 68.8 Å². The predicted octanol–water partition coefficient (Wildman–Crippen LogP) is 3.54. The fourth-order valence-electron chi connectivity index (χ4n) is 11.4. The minimum absolute atomic E-state index is 0.0265. The molecule has 0 bridgehead atoms. The first kappa shape index (κ1) is 42.3. The highest BCUT2D eigenvalue weighted by molar-refractivity contribution is 7.87. The number of carbonyl (C=O) groups is 5. The third-order valence-corrected chi connectivity index (χ3v) is 16.8. The van der Waals surface area contributed by atoms with Gasteiger partial charge in [-0.15, -0.1) is 6.58 Å². The second-order valence-corrected chi connectivity index (χ2v) is 21.3. The van der Waals surface area contributed by atoms with Gasteiger partial charge in [-0.3, -0.25) is 29.0 Å². The van der Waals surface area contributed by atoms with Crippen LogP contribution in [0.5, 0.6) is 0 Å². The molecule has 2 unspecified atom stereocenters. The Bertz CT molecular complexity index is 1920. The second-order valence-electron chi connectivity index (χ2n) is 19.7. The molecular formula is C43H63N7O7S. The van der Waals surface area contributed by atoms with Gasteiger partial charge >= 0.3 is 10.2 Å². The molecule has 15 heteroatoms. The predicted molar refractivity (Wildman–Crippen MR) is 217 cm³/mol. The summed E-state index contributed by atoms with van der Waals surface area (Å²) in [4.78, 5) is 77.3. The smallest absolute Gasteiger partial charge is 0.303 e. The van der Waals surface area contributed by atoms with E-state index in [1.807, 2.05) is 20.8 Å². The van der Waals surface area contributed by atoms with Gasteiger partial charge in [0.05, 0.1) is 6.42 Å². The van der Waals surface area contributed by atoms with Crippen LogP contribution in [0.4, 0.5) is 0 Å². The summed E-state index contributed by atoms with van der Waals surface area (Å²) in [5, 5.41) is 9.06. The van der Waals surface area contributed by atoms with Crippen LogP contribution in [0, 0.1) is 33.5 Å². The molecule has 2 spiro atoms. The molecule has 318 valence electrons. The maximum Gasteiger partial charge on any atom is 0.303 e. The molecule has 0 radical (unpaired) electrons. The van der Waals surface area contributed by atoms with Crippen LogP contribution in [0.2, 0.25) is 0 Å². The number of hydrogen-bond acceptors (Lipinski definition) is 8. The Labute approximate surface area is 343 Å². The van der Waals surface area contributed by atoms with Crippen LogP contribution in [0.3, 0.4) is 0 Å². The number of fused-ring (bicyclic) bond motifs is 1. The van der Waals surface area contributed by atoms with Crippen molar-refractivity contribution in [1.29, 1.82) is 0 Å². The second kappa shape index (κ2) is 15.3. The first-order chi connectivity index (χ1) is 27.3. The van der Waals surface area contributed by atoms with Gasteiger partial charge in [0.25, 0.3) is 5.91 Å². The van der Waals surface area contributed by atoms with E-state index in [2.05, 4.69) is 46.1 Å². The highest BCUT2D eigenvalue weighted by atomic mass is 32.2. The zero-order valence-electron chi connectivity index (χ0n) is 34.9. The lowest BCUT2D eigenvalue weighted by Gasteiger charge is -2.38. The maximum absolute atomic E-state index is 15.2. The number of nitrogens with one attached hydrogen (secondary N) is 4. The van der Waals surface area contributed by atoms with Crippen molar-refractivity contribution >= 4 is 39.7 Å². The summed E-state index contributed by atoms with van der Waals surface area (Å²) in [6, 6.07) is 0.669. The molecule has 2 aliphatic heterocycles. The highest BCUT2D eigenvalue weighted by Crippen LogP contribution is 2.88. The van der Waals surface area contributed by atoms with Crippen LogP contribution in [0.25, 0.3) is 0 Å². The Morgan fingerprint density at radius 2 is 1.59 bits per heavy atom. The van der Waals surface area contributed by atoms with E-state index >= 15 is 4.79 Å². The van der Waals surface area contributed by atoms with Crippen molar-refractivity contribution in [2.24, 2.45) is 33.5 Å². The lowest BCUT2D eigenvalue weighted by molar-refractivity contribution is -0.145. The third kappa shape index (κ3) is 7.25. The monoisotopic (exact) mass is 821 g/mol. The molecule has 4 aliphatic carbocycles. The van der Waals surface area contributed by atoms with E-state index in [-0.39, 0.29) is 40.9 Å². The number of aromatic nitrogens is 1. The van der Waals surface area contributed by atoms with Gasteiger partial charge in [0.1, 0.15) is 23.7 Å². The normalized spacial score (nSPS) is 29.8. The average molecular weight is 822 g/mol. The van der Waals surface area contributed by atoms with Crippen molar-refractivity contribution in [3.63, 3.8) is 0 Å². The molecule has 5 amide bonds. The number of likely N-dealkylation sites (tertiary alicyclic amines) is 1. The number of nitrogens with zero attached hydrogens (tertiary/aromatic N) is 3. The molecule has 4 N–H and O–H groups in total. The molecular weight excluding hydrogens is 759 g/mol. The van der Waals surface area contributed by atoms with Crippen LogP contribution in [0.15, 0.2) is 37.2 Å². The number of pyridine rings is 1. The van der Waals surface area contributed by atoms with Crippen molar-refractivity contribution in [3.05, 3.63) is 42.7 Å². The van der Waals surface area contributed by atoms with Crippen LogP contribution in [0.1, 0.15) is 117 Å². The van der Waals surface area contributed by atoms with Gasteiger partial charge in [0.2, 0.25) is 23.6 Å². The van der Waals surface area contributed by atoms with Gasteiger partial charge in [0, 0.05) is 43.4 Å². The Hall–Kier alpha value is -3.85. The van der Waals surface area contributed by atoms with Crippen molar-refractivity contribution < 1.29 is 32.4 Å². The summed E-state index contributed by atoms with van der Waals surface area (Å²) in [7, 11) is -4.11. The van der Waals surface area contributed by atoms with Gasteiger partial charge in [-0.25, -0.2) is 4.72 Å². The Balaban J connectivity index is 1.15. The minimum Gasteiger partial charge on any atom is -0.344 e. The largest absolute Gasteiger partial charge is 0.344 e. The van der Waals surface area contributed by atoms with Crippen molar-refractivity contribution in [3.8, 4) is 0 Å². The van der Waals surface area contributed by atoms with Crippen LogP contribution in [-0.4, -0.2) is 95.4 Å². The molecule has 6 fully saturated rings. The zero-order chi connectivity index (χ0) is 41.9. The van der Waals surface area contributed by atoms with Gasteiger partial charge in [-0.2, -0.15) is 12.7 Å². The molecule has 1 aromatic rings. The first-order valence-corrected chi connectivity index (χ1v) is 22.8. The summed E-state index contributed by atoms with van der Waals surface area (Å²) in [5.74, 6) is -3.05. The molecule has 1 aromatic heterocycles. The van der Waals surface area contributed by atoms with Gasteiger partial charge in [-0.1, -0.05) is 66.4 Å². The topological polar surface area (TPSA) is 187 Å².